The van der Waals surface area contributed by atoms with Gasteiger partial charge in [-0.25, -0.2) is 4.39 Å². The number of hydrogen-bond acceptors (Lipinski definition) is 4. The Morgan fingerprint density at radius 2 is 1.88 bits per heavy atom. The van der Waals surface area contributed by atoms with E-state index >= 15 is 0 Å². The minimum absolute atomic E-state index is 0.132. The quantitative estimate of drug-likeness (QED) is 0.436. The first-order valence-electron chi connectivity index (χ1n) is 11.0. The highest BCUT2D eigenvalue weighted by Gasteiger charge is 2.26. The number of benzene rings is 1. The summed E-state index contributed by atoms with van der Waals surface area (Å²) in [4.78, 5) is 42.5. The summed E-state index contributed by atoms with van der Waals surface area (Å²) in [6.07, 6.45) is 1.61. The molecule has 9 heteroatoms. The monoisotopic (exact) mass is 455 g/mol. The van der Waals surface area contributed by atoms with Crippen LogP contribution < -0.4 is 16.0 Å². The number of aromatic nitrogens is 1. The standard InChI is InChI=1S/C24H30FN5O3/c1-5-30(6-2)10-9-26-21(31)13-27-24(33)22-14(3)20(28-15(22)4)12-18-17-11-16(25)7-8-19(17)29-23(18)32/h7-8,11-12,28H,5-6,9-10,13H2,1-4H3,(H,26,31)(H,27,33)(H,29,32)/b18-12-. The molecule has 3 rings (SSSR count). The minimum Gasteiger partial charge on any atom is -0.358 e. The van der Waals surface area contributed by atoms with Crippen LogP contribution in [0.25, 0.3) is 11.6 Å². The van der Waals surface area contributed by atoms with E-state index in [0.29, 0.717) is 45.9 Å². The van der Waals surface area contributed by atoms with Crippen molar-refractivity contribution < 1.29 is 18.8 Å². The van der Waals surface area contributed by atoms with E-state index < -0.39 is 5.82 Å². The number of amides is 3. The number of nitrogens with zero attached hydrogens (tertiary/aromatic N) is 1. The summed E-state index contributed by atoms with van der Waals surface area (Å²) in [6.45, 7) is 10.6. The number of carbonyl (C=O) groups excluding carboxylic acids is 3. The van der Waals surface area contributed by atoms with Gasteiger partial charge in [0.1, 0.15) is 5.82 Å². The Balaban J connectivity index is 1.68. The molecular formula is C24H30FN5O3. The maximum Gasteiger partial charge on any atom is 0.256 e. The second-order valence-corrected chi connectivity index (χ2v) is 7.93. The molecule has 33 heavy (non-hydrogen) atoms. The Kier molecular flexibility index (Phi) is 7.65. The second kappa shape index (κ2) is 10.4. The smallest absolute Gasteiger partial charge is 0.256 e. The van der Waals surface area contributed by atoms with Crippen LogP contribution in [0.15, 0.2) is 18.2 Å². The van der Waals surface area contributed by atoms with Crippen LogP contribution in [0.3, 0.4) is 0 Å². The third kappa shape index (κ3) is 5.48. The largest absolute Gasteiger partial charge is 0.358 e. The molecule has 0 saturated heterocycles. The van der Waals surface area contributed by atoms with Gasteiger partial charge in [0.15, 0.2) is 0 Å². The molecule has 176 valence electrons. The summed E-state index contributed by atoms with van der Waals surface area (Å²) in [5, 5.41) is 8.16. The maximum absolute atomic E-state index is 13.7. The van der Waals surface area contributed by atoms with Crippen LogP contribution in [0.5, 0.6) is 0 Å². The van der Waals surface area contributed by atoms with Gasteiger partial charge in [0.25, 0.3) is 11.8 Å². The van der Waals surface area contributed by atoms with Crippen molar-refractivity contribution in [2.75, 3.05) is 38.0 Å². The molecule has 0 unspecified atom stereocenters. The molecule has 1 aromatic carbocycles. The van der Waals surface area contributed by atoms with Crippen molar-refractivity contribution in [3.05, 3.63) is 52.1 Å². The van der Waals surface area contributed by atoms with Crippen LogP contribution in [-0.2, 0) is 9.59 Å². The van der Waals surface area contributed by atoms with E-state index in [9.17, 15) is 18.8 Å². The van der Waals surface area contributed by atoms with Crippen LogP contribution in [0.4, 0.5) is 10.1 Å². The summed E-state index contributed by atoms with van der Waals surface area (Å²) >= 11 is 0. The van der Waals surface area contributed by atoms with Gasteiger partial charge in [0, 0.05) is 35.7 Å². The lowest BCUT2D eigenvalue weighted by Gasteiger charge is -2.18. The first-order valence-corrected chi connectivity index (χ1v) is 11.0. The number of anilines is 1. The van der Waals surface area contributed by atoms with Gasteiger partial charge >= 0.3 is 0 Å². The maximum atomic E-state index is 13.7. The summed E-state index contributed by atoms with van der Waals surface area (Å²) < 4.78 is 13.7. The lowest BCUT2D eigenvalue weighted by molar-refractivity contribution is -0.120. The molecule has 8 nitrogen and oxygen atoms in total. The minimum atomic E-state index is -0.439. The lowest BCUT2D eigenvalue weighted by Crippen LogP contribution is -2.40. The molecule has 2 heterocycles. The first kappa shape index (κ1) is 24.2. The normalized spacial score (nSPS) is 13.9. The summed E-state index contributed by atoms with van der Waals surface area (Å²) in [7, 11) is 0. The molecular weight excluding hydrogens is 425 g/mol. The van der Waals surface area contributed by atoms with Gasteiger partial charge in [-0.05, 0) is 56.8 Å². The van der Waals surface area contributed by atoms with Crippen molar-refractivity contribution in [3.8, 4) is 0 Å². The Morgan fingerprint density at radius 3 is 2.58 bits per heavy atom. The number of rotatable bonds is 9. The molecule has 4 N–H and O–H groups in total. The molecule has 2 aromatic rings. The molecule has 0 spiro atoms. The summed E-state index contributed by atoms with van der Waals surface area (Å²) in [5.41, 5.74) is 3.55. The van der Waals surface area contributed by atoms with Crippen LogP contribution in [0.2, 0.25) is 0 Å². The fraction of sp³-hybridized carbons (Fsp3) is 0.375. The van der Waals surface area contributed by atoms with Gasteiger partial charge in [-0.3, -0.25) is 14.4 Å². The molecule has 0 aliphatic carbocycles. The highest BCUT2D eigenvalue weighted by molar-refractivity contribution is 6.34. The van der Waals surface area contributed by atoms with E-state index in [2.05, 4.69) is 39.7 Å². The predicted molar refractivity (Wildman–Crippen MR) is 126 cm³/mol. The van der Waals surface area contributed by atoms with Crippen molar-refractivity contribution >= 4 is 35.1 Å². The zero-order chi connectivity index (χ0) is 24.1. The van der Waals surface area contributed by atoms with Gasteiger partial charge in [-0.1, -0.05) is 13.8 Å². The van der Waals surface area contributed by atoms with Crippen molar-refractivity contribution in [2.24, 2.45) is 0 Å². The van der Waals surface area contributed by atoms with E-state index in [1.54, 1.807) is 19.9 Å². The van der Waals surface area contributed by atoms with Crippen molar-refractivity contribution in [1.29, 1.82) is 0 Å². The molecule has 1 aliphatic rings. The highest BCUT2D eigenvalue weighted by atomic mass is 19.1. The Morgan fingerprint density at radius 1 is 1.15 bits per heavy atom. The Bertz CT molecular complexity index is 1100. The number of carbonyl (C=O) groups is 3. The number of likely N-dealkylation sites (N-methyl/N-ethyl adjacent to an activating group) is 1. The van der Waals surface area contributed by atoms with Crippen molar-refractivity contribution in [1.82, 2.24) is 20.5 Å². The van der Waals surface area contributed by atoms with E-state index in [-0.39, 0.29) is 24.3 Å². The molecule has 1 aromatic heterocycles. The zero-order valence-electron chi connectivity index (χ0n) is 19.4. The number of H-pyrrole nitrogens is 1. The van der Waals surface area contributed by atoms with Crippen molar-refractivity contribution in [3.63, 3.8) is 0 Å². The molecule has 0 bridgehead atoms. The SMILES string of the molecule is CCN(CC)CCNC(=O)CNC(=O)c1c(C)[nH]c(/C=C2\C(=O)Nc3ccc(F)cc32)c1C. The number of aromatic amines is 1. The topological polar surface area (TPSA) is 106 Å². The zero-order valence-corrected chi connectivity index (χ0v) is 19.4. The van der Waals surface area contributed by atoms with E-state index in [1.165, 1.54) is 18.2 Å². The van der Waals surface area contributed by atoms with Crippen LogP contribution in [-0.4, -0.2) is 60.3 Å². The van der Waals surface area contributed by atoms with Crippen LogP contribution in [0.1, 0.15) is 46.7 Å². The number of hydrogen-bond donors (Lipinski definition) is 4. The summed E-state index contributed by atoms with van der Waals surface area (Å²) in [5.74, 6) is -1.42. The third-order valence-electron chi connectivity index (χ3n) is 5.81. The molecule has 0 atom stereocenters. The number of fused-ring (bicyclic) bond motifs is 1. The van der Waals surface area contributed by atoms with E-state index in [0.717, 1.165) is 19.6 Å². The fourth-order valence-corrected chi connectivity index (χ4v) is 3.91. The van der Waals surface area contributed by atoms with Gasteiger partial charge in [0.2, 0.25) is 5.91 Å². The average molecular weight is 456 g/mol. The highest BCUT2D eigenvalue weighted by Crippen LogP contribution is 2.34. The van der Waals surface area contributed by atoms with Gasteiger partial charge < -0.3 is 25.8 Å². The molecule has 0 radical (unpaired) electrons. The Hall–Kier alpha value is -3.46. The number of aryl methyl sites for hydroxylation is 1. The third-order valence-corrected chi connectivity index (χ3v) is 5.81. The van der Waals surface area contributed by atoms with E-state index in [4.69, 9.17) is 0 Å². The van der Waals surface area contributed by atoms with E-state index in [1.807, 2.05) is 0 Å². The average Bonchev–Trinajstić information content (AvgIpc) is 3.24. The lowest BCUT2D eigenvalue weighted by atomic mass is 10.0. The van der Waals surface area contributed by atoms with Gasteiger partial charge in [-0.15, -0.1) is 0 Å². The molecule has 0 fully saturated rings. The predicted octanol–water partition coefficient (Wildman–Crippen LogP) is 2.45. The van der Waals surface area contributed by atoms with Crippen LogP contribution >= 0.6 is 0 Å². The summed E-state index contributed by atoms with van der Waals surface area (Å²) in [6, 6.07) is 4.10. The molecule has 3 amide bonds. The molecule has 1 aliphatic heterocycles. The fourth-order valence-electron chi connectivity index (χ4n) is 3.91. The van der Waals surface area contributed by atoms with Gasteiger partial charge in [0.05, 0.1) is 17.7 Å². The Labute approximate surface area is 192 Å². The second-order valence-electron chi connectivity index (χ2n) is 7.93. The first-order chi connectivity index (χ1) is 15.7. The number of halogens is 1. The van der Waals surface area contributed by atoms with Crippen LogP contribution in [0, 0.1) is 19.7 Å². The molecule has 0 saturated carbocycles. The van der Waals surface area contributed by atoms with Gasteiger partial charge in [-0.2, -0.15) is 0 Å². The van der Waals surface area contributed by atoms with Crippen molar-refractivity contribution in [2.45, 2.75) is 27.7 Å². The number of nitrogens with one attached hydrogen (secondary N) is 4.